The number of hydrogen-bond acceptors (Lipinski definition) is 6. The molecule has 2 heterocycles. The molecule has 1 aromatic heterocycles. The van der Waals surface area contributed by atoms with Crippen LogP contribution < -0.4 is 15.4 Å². The van der Waals surface area contributed by atoms with Gasteiger partial charge in [-0.1, -0.05) is 43.1 Å². The molecule has 1 unspecified atom stereocenters. The number of halogens is 2. The van der Waals surface area contributed by atoms with Gasteiger partial charge in [-0.3, -0.25) is 4.79 Å². The molecule has 7 nitrogen and oxygen atoms in total. The number of carbonyl (C=O) groups excluding carboxylic acids is 1. The molecule has 2 atom stereocenters. The predicted molar refractivity (Wildman–Crippen MR) is 128 cm³/mol. The van der Waals surface area contributed by atoms with Gasteiger partial charge in [0.2, 0.25) is 17.7 Å². The molecule has 1 aliphatic rings. The molecule has 32 heavy (non-hydrogen) atoms. The van der Waals surface area contributed by atoms with Gasteiger partial charge < -0.3 is 20.3 Å². The minimum absolute atomic E-state index is 0.0317. The fraction of sp³-hybridized carbons (Fsp3) is 0.522. The number of nitrogens with zero attached hydrogens (tertiary/aromatic N) is 3. The third-order valence-corrected chi connectivity index (χ3v) is 6.22. The maximum absolute atomic E-state index is 12.8. The van der Waals surface area contributed by atoms with Crippen molar-refractivity contribution in [3.8, 4) is 5.88 Å². The lowest BCUT2D eigenvalue weighted by Crippen LogP contribution is -2.48. The highest BCUT2D eigenvalue weighted by Crippen LogP contribution is 2.22. The van der Waals surface area contributed by atoms with Crippen molar-refractivity contribution in [3.05, 3.63) is 46.1 Å². The summed E-state index contributed by atoms with van der Waals surface area (Å²) in [7, 11) is 2.06. The van der Waals surface area contributed by atoms with Gasteiger partial charge in [-0.2, -0.15) is 4.98 Å². The van der Waals surface area contributed by atoms with E-state index < -0.39 is 0 Å². The largest absolute Gasteiger partial charge is 0.473 e. The summed E-state index contributed by atoms with van der Waals surface area (Å²) in [6, 6.07) is 6.93. The van der Waals surface area contributed by atoms with Gasteiger partial charge in [-0.25, -0.2) is 4.98 Å². The lowest BCUT2D eigenvalue weighted by atomic mass is 9.96. The van der Waals surface area contributed by atoms with E-state index >= 15 is 0 Å². The van der Waals surface area contributed by atoms with Crippen LogP contribution in [0.3, 0.4) is 0 Å². The fourth-order valence-electron chi connectivity index (χ4n) is 3.63. The van der Waals surface area contributed by atoms with Gasteiger partial charge in [0.1, 0.15) is 6.61 Å². The number of hydrogen-bond donors (Lipinski definition) is 2. The zero-order chi connectivity index (χ0) is 23.1. The molecule has 1 aromatic carbocycles. The molecular weight excluding hydrogens is 449 g/mol. The number of amides is 1. The number of nitrogens with one attached hydrogen (secondary N) is 2. The lowest BCUT2D eigenvalue weighted by molar-refractivity contribution is -0.127. The fourth-order valence-corrected chi connectivity index (χ4v) is 4.10. The Bertz CT molecular complexity index is 912. The van der Waals surface area contributed by atoms with Crippen LogP contribution in [0.15, 0.2) is 30.5 Å². The molecule has 0 bridgehead atoms. The second-order valence-corrected chi connectivity index (χ2v) is 9.43. The highest BCUT2D eigenvalue weighted by Gasteiger charge is 2.26. The summed E-state index contributed by atoms with van der Waals surface area (Å²) in [5, 5.41) is 7.56. The Morgan fingerprint density at radius 1 is 1.31 bits per heavy atom. The Labute approximate surface area is 199 Å². The molecule has 2 aromatic rings. The van der Waals surface area contributed by atoms with Crippen molar-refractivity contribution in [2.24, 2.45) is 11.8 Å². The molecule has 3 rings (SSSR count). The number of ether oxygens (including phenoxy) is 1. The van der Waals surface area contributed by atoms with E-state index in [4.69, 9.17) is 27.9 Å². The van der Waals surface area contributed by atoms with Crippen LogP contribution in [0.4, 0.5) is 5.95 Å². The monoisotopic (exact) mass is 479 g/mol. The number of anilines is 1. The van der Waals surface area contributed by atoms with Gasteiger partial charge in [0.25, 0.3) is 0 Å². The maximum atomic E-state index is 12.8. The summed E-state index contributed by atoms with van der Waals surface area (Å²) in [6.07, 6.45) is 3.63. The van der Waals surface area contributed by atoms with Crippen LogP contribution >= 0.6 is 23.2 Å². The SMILES string of the molecule is CC(C)[C@@H](CNc1nccc(OCc2ccc(Cl)cc2Cl)n1)NC(=O)C1CCCN(C)C1. The number of rotatable bonds is 9. The first kappa shape index (κ1) is 24.6. The summed E-state index contributed by atoms with van der Waals surface area (Å²) < 4.78 is 5.77. The maximum Gasteiger partial charge on any atom is 0.226 e. The minimum Gasteiger partial charge on any atom is -0.473 e. The van der Waals surface area contributed by atoms with Crippen molar-refractivity contribution >= 4 is 35.1 Å². The Morgan fingerprint density at radius 2 is 2.12 bits per heavy atom. The highest BCUT2D eigenvalue weighted by atomic mass is 35.5. The normalized spacial score (nSPS) is 17.8. The first-order chi connectivity index (χ1) is 15.3. The number of benzene rings is 1. The number of piperidine rings is 1. The molecule has 9 heteroatoms. The first-order valence-electron chi connectivity index (χ1n) is 10.9. The van der Waals surface area contributed by atoms with Gasteiger partial charge in [0.05, 0.1) is 5.92 Å². The van der Waals surface area contributed by atoms with E-state index in [1.54, 1.807) is 24.4 Å². The molecule has 1 fully saturated rings. The Balaban J connectivity index is 1.54. The second kappa shape index (κ2) is 11.7. The van der Waals surface area contributed by atoms with Gasteiger partial charge in [0.15, 0.2) is 0 Å². The average molecular weight is 480 g/mol. The van der Waals surface area contributed by atoms with Crippen LogP contribution in [0.1, 0.15) is 32.3 Å². The predicted octanol–water partition coefficient (Wildman–Crippen LogP) is 4.26. The van der Waals surface area contributed by atoms with Crippen molar-refractivity contribution in [3.63, 3.8) is 0 Å². The standard InChI is InChI=1S/C23H31Cl2N5O2/c1-15(2)20(28-22(31)16-5-4-10-30(3)13-16)12-27-23-26-9-8-21(29-23)32-14-17-6-7-18(24)11-19(17)25/h6-9,11,15-16,20H,4-5,10,12-14H2,1-3H3,(H,28,31)(H,26,27,29)/t16?,20-/m1/s1. The summed E-state index contributed by atoms with van der Waals surface area (Å²) in [6.45, 7) is 6.85. The molecule has 0 spiro atoms. The Kier molecular flexibility index (Phi) is 8.96. The third kappa shape index (κ3) is 7.22. The van der Waals surface area contributed by atoms with Gasteiger partial charge >= 0.3 is 0 Å². The molecule has 0 radical (unpaired) electrons. The zero-order valence-electron chi connectivity index (χ0n) is 18.8. The summed E-state index contributed by atoms with van der Waals surface area (Å²) >= 11 is 12.1. The van der Waals surface area contributed by atoms with E-state index in [1.807, 2.05) is 6.07 Å². The number of aromatic nitrogens is 2. The molecule has 1 amide bonds. The minimum atomic E-state index is -0.0317. The van der Waals surface area contributed by atoms with Crippen LogP contribution in [0.5, 0.6) is 5.88 Å². The van der Waals surface area contributed by atoms with Crippen LogP contribution in [0.25, 0.3) is 0 Å². The van der Waals surface area contributed by atoms with Gasteiger partial charge in [-0.15, -0.1) is 0 Å². The second-order valence-electron chi connectivity index (χ2n) is 8.58. The zero-order valence-corrected chi connectivity index (χ0v) is 20.3. The molecule has 2 N–H and O–H groups in total. The summed E-state index contributed by atoms with van der Waals surface area (Å²) in [5.74, 6) is 1.31. The molecule has 1 aliphatic heterocycles. The van der Waals surface area contributed by atoms with Crippen molar-refractivity contribution in [1.82, 2.24) is 20.2 Å². The van der Waals surface area contributed by atoms with Crippen LogP contribution in [-0.4, -0.2) is 53.5 Å². The van der Waals surface area contributed by atoms with Gasteiger partial charge in [-0.05, 0) is 44.5 Å². The first-order valence-corrected chi connectivity index (χ1v) is 11.7. The van der Waals surface area contributed by atoms with E-state index in [1.165, 1.54) is 0 Å². The summed E-state index contributed by atoms with van der Waals surface area (Å²) in [5.41, 5.74) is 0.820. The topological polar surface area (TPSA) is 79.4 Å². The Morgan fingerprint density at radius 3 is 2.84 bits per heavy atom. The smallest absolute Gasteiger partial charge is 0.226 e. The quantitative estimate of drug-likeness (QED) is 0.559. The molecule has 1 saturated heterocycles. The number of carbonyl (C=O) groups is 1. The Hall–Kier alpha value is -2.09. The van der Waals surface area contributed by atoms with Crippen LogP contribution in [0.2, 0.25) is 10.0 Å². The molecule has 0 saturated carbocycles. The molecule has 174 valence electrons. The van der Waals surface area contributed by atoms with Crippen LogP contribution in [0, 0.1) is 11.8 Å². The molecule has 0 aliphatic carbocycles. The lowest BCUT2D eigenvalue weighted by Gasteiger charge is -2.31. The van der Waals surface area contributed by atoms with E-state index in [-0.39, 0.29) is 30.4 Å². The van der Waals surface area contributed by atoms with Crippen molar-refractivity contribution in [2.45, 2.75) is 39.3 Å². The van der Waals surface area contributed by atoms with Crippen LogP contribution in [-0.2, 0) is 11.4 Å². The van der Waals surface area contributed by atoms with Crippen molar-refractivity contribution in [1.29, 1.82) is 0 Å². The van der Waals surface area contributed by atoms with E-state index in [0.29, 0.717) is 28.4 Å². The van der Waals surface area contributed by atoms with E-state index in [2.05, 4.69) is 46.4 Å². The summed E-state index contributed by atoms with van der Waals surface area (Å²) in [4.78, 5) is 23.7. The molecular formula is C23H31Cl2N5O2. The number of likely N-dealkylation sites (tertiary alicyclic amines) is 1. The van der Waals surface area contributed by atoms with E-state index in [0.717, 1.165) is 31.5 Å². The van der Waals surface area contributed by atoms with Crippen molar-refractivity contribution < 1.29 is 9.53 Å². The highest BCUT2D eigenvalue weighted by molar-refractivity contribution is 6.35. The van der Waals surface area contributed by atoms with E-state index in [9.17, 15) is 4.79 Å². The third-order valence-electron chi connectivity index (χ3n) is 5.63. The van der Waals surface area contributed by atoms with Crippen molar-refractivity contribution in [2.75, 3.05) is 32.0 Å². The average Bonchev–Trinajstić information content (AvgIpc) is 2.76. The van der Waals surface area contributed by atoms with Gasteiger partial charge in [0, 0.05) is 47.0 Å².